The SMILES string of the molecule is CNc1nc(C(F)(F)F)ccc1O. The van der Waals surface area contributed by atoms with Gasteiger partial charge >= 0.3 is 6.18 Å². The Labute approximate surface area is 72.2 Å². The van der Waals surface area contributed by atoms with Crippen LogP contribution in [0, 0.1) is 0 Å². The summed E-state index contributed by atoms with van der Waals surface area (Å²) >= 11 is 0. The van der Waals surface area contributed by atoms with Crippen LogP contribution in [0.1, 0.15) is 5.69 Å². The largest absolute Gasteiger partial charge is 0.504 e. The molecule has 0 radical (unpaired) electrons. The van der Waals surface area contributed by atoms with Crippen molar-refractivity contribution in [3.63, 3.8) is 0 Å². The molecule has 0 amide bonds. The van der Waals surface area contributed by atoms with Crippen LogP contribution in [0.3, 0.4) is 0 Å². The Morgan fingerprint density at radius 2 is 2.00 bits per heavy atom. The molecule has 0 aliphatic rings. The smallest absolute Gasteiger partial charge is 0.433 e. The summed E-state index contributed by atoms with van der Waals surface area (Å²) in [6.45, 7) is 0. The molecule has 0 aliphatic carbocycles. The summed E-state index contributed by atoms with van der Waals surface area (Å²) in [5.41, 5.74) is -1.03. The van der Waals surface area contributed by atoms with Gasteiger partial charge in [0.25, 0.3) is 0 Å². The van der Waals surface area contributed by atoms with Crippen LogP contribution in [0.15, 0.2) is 12.1 Å². The summed E-state index contributed by atoms with van der Waals surface area (Å²) in [7, 11) is 1.38. The first-order valence-corrected chi connectivity index (χ1v) is 3.40. The number of aromatic hydroxyl groups is 1. The Balaban J connectivity index is 3.14. The van der Waals surface area contributed by atoms with Gasteiger partial charge in [0.2, 0.25) is 0 Å². The number of aromatic nitrogens is 1. The molecule has 72 valence electrons. The van der Waals surface area contributed by atoms with Crippen molar-refractivity contribution in [1.29, 1.82) is 0 Å². The number of anilines is 1. The highest BCUT2D eigenvalue weighted by Crippen LogP contribution is 2.31. The van der Waals surface area contributed by atoms with E-state index in [1.54, 1.807) is 0 Å². The molecular formula is C7H7F3N2O. The summed E-state index contributed by atoms with van der Waals surface area (Å²) in [6.07, 6.45) is -4.49. The van der Waals surface area contributed by atoms with Gasteiger partial charge in [-0.2, -0.15) is 13.2 Å². The number of rotatable bonds is 1. The van der Waals surface area contributed by atoms with E-state index in [0.717, 1.165) is 12.1 Å². The molecular weight excluding hydrogens is 185 g/mol. The van der Waals surface area contributed by atoms with E-state index >= 15 is 0 Å². The number of nitrogens with zero attached hydrogens (tertiary/aromatic N) is 1. The second-order valence-electron chi connectivity index (χ2n) is 2.31. The number of halogens is 3. The molecule has 3 nitrogen and oxygen atoms in total. The van der Waals surface area contributed by atoms with Crippen molar-refractivity contribution in [1.82, 2.24) is 4.98 Å². The van der Waals surface area contributed by atoms with Crippen LogP contribution in [0.2, 0.25) is 0 Å². The highest BCUT2D eigenvalue weighted by atomic mass is 19.4. The van der Waals surface area contributed by atoms with Crippen LogP contribution in [-0.2, 0) is 6.18 Å². The van der Waals surface area contributed by atoms with Crippen molar-refractivity contribution >= 4 is 5.82 Å². The third-order valence-corrected chi connectivity index (χ3v) is 1.40. The van der Waals surface area contributed by atoms with Crippen LogP contribution in [0.5, 0.6) is 5.75 Å². The number of hydrogen-bond acceptors (Lipinski definition) is 3. The van der Waals surface area contributed by atoms with Crippen molar-refractivity contribution in [3.05, 3.63) is 17.8 Å². The maximum absolute atomic E-state index is 12.1. The van der Waals surface area contributed by atoms with Crippen molar-refractivity contribution in [2.45, 2.75) is 6.18 Å². The summed E-state index contributed by atoms with van der Waals surface area (Å²) in [4.78, 5) is 3.18. The Kier molecular flexibility index (Phi) is 2.31. The minimum atomic E-state index is -4.49. The van der Waals surface area contributed by atoms with Crippen LogP contribution in [-0.4, -0.2) is 17.1 Å². The Morgan fingerprint density at radius 1 is 1.38 bits per heavy atom. The Hall–Kier alpha value is -1.46. The first kappa shape index (κ1) is 9.63. The van der Waals surface area contributed by atoms with E-state index in [1.807, 2.05) is 0 Å². The highest BCUT2D eigenvalue weighted by molar-refractivity contribution is 5.49. The molecule has 0 aromatic carbocycles. The van der Waals surface area contributed by atoms with E-state index in [9.17, 15) is 13.2 Å². The minimum Gasteiger partial charge on any atom is -0.504 e. The number of pyridine rings is 1. The highest BCUT2D eigenvalue weighted by Gasteiger charge is 2.32. The van der Waals surface area contributed by atoms with Crippen molar-refractivity contribution in [3.8, 4) is 5.75 Å². The van der Waals surface area contributed by atoms with E-state index in [-0.39, 0.29) is 11.6 Å². The van der Waals surface area contributed by atoms with Gasteiger partial charge in [-0.3, -0.25) is 0 Å². The van der Waals surface area contributed by atoms with E-state index in [2.05, 4.69) is 10.3 Å². The number of nitrogens with one attached hydrogen (secondary N) is 1. The molecule has 0 fully saturated rings. The summed E-state index contributed by atoms with van der Waals surface area (Å²) in [5, 5.41) is 11.4. The molecule has 6 heteroatoms. The van der Waals surface area contributed by atoms with Gasteiger partial charge in [-0.15, -0.1) is 0 Å². The molecule has 0 saturated heterocycles. The van der Waals surface area contributed by atoms with Gasteiger partial charge < -0.3 is 10.4 Å². The zero-order valence-electron chi connectivity index (χ0n) is 6.68. The third-order valence-electron chi connectivity index (χ3n) is 1.40. The average molecular weight is 192 g/mol. The second-order valence-corrected chi connectivity index (χ2v) is 2.31. The topological polar surface area (TPSA) is 45.2 Å². The van der Waals surface area contributed by atoms with Gasteiger partial charge in [-0.05, 0) is 12.1 Å². The third kappa shape index (κ3) is 2.01. The van der Waals surface area contributed by atoms with Crippen molar-refractivity contribution < 1.29 is 18.3 Å². The molecule has 1 heterocycles. The zero-order chi connectivity index (χ0) is 10.1. The van der Waals surface area contributed by atoms with Gasteiger partial charge in [0, 0.05) is 7.05 Å². The number of hydrogen-bond donors (Lipinski definition) is 2. The lowest BCUT2D eigenvalue weighted by Crippen LogP contribution is -2.09. The number of alkyl halides is 3. The first-order valence-electron chi connectivity index (χ1n) is 3.40. The molecule has 1 rings (SSSR count). The van der Waals surface area contributed by atoms with Crippen LogP contribution in [0.4, 0.5) is 19.0 Å². The molecule has 0 atom stereocenters. The molecule has 13 heavy (non-hydrogen) atoms. The van der Waals surface area contributed by atoms with Crippen LogP contribution in [0.25, 0.3) is 0 Å². The predicted molar refractivity (Wildman–Crippen MR) is 40.5 cm³/mol. The molecule has 0 aliphatic heterocycles. The zero-order valence-corrected chi connectivity index (χ0v) is 6.68. The average Bonchev–Trinajstić information content (AvgIpc) is 2.03. The predicted octanol–water partition coefficient (Wildman–Crippen LogP) is 1.85. The molecule has 2 N–H and O–H groups in total. The van der Waals surface area contributed by atoms with E-state index in [1.165, 1.54) is 7.05 Å². The summed E-state index contributed by atoms with van der Waals surface area (Å²) in [6, 6.07) is 1.66. The monoisotopic (exact) mass is 192 g/mol. The maximum atomic E-state index is 12.1. The minimum absolute atomic E-state index is 0.185. The fourth-order valence-electron chi connectivity index (χ4n) is 0.794. The van der Waals surface area contributed by atoms with E-state index in [0.29, 0.717) is 0 Å². The lowest BCUT2D eigenvalue weighted by Gasteiger charge is -2.08. The lowest BCUT2D eigenvalue weighted by molar-refractivity contribution is -0.141. The van der Waals surface area contributed by atoms with Gasteiger partial charge in [-0.1, -0.05) is 0 Å². The molecule has 0 unspecified atom stereocenters. The Bertz CT molecular complexity index is 311. The van der Waals surface area contributed by atoms with Gasteiger partial charge in [0.1, 0.15) is 5.69 Å². The Morgan fingerprint density at radius 3 is 2.46 bits per heavy atom. The van der Waals surface area contributed by atoms with Crippen molar-refractivity contribution in [2.24, 2.45) is 0 Å². The fourth-order valence-corrected chi connectivity index (χ4v) is 0.794. The quantitative estimate of drug-likeness (QED) is 0.713. The van der Waals surface area contributed by atoms with Crippen LogP contribution < -0.4 is 5.32 Å². The lowest BCUT2D eigenvalue weighted by atomic mass is 10.3. The normalized spacial score (nSPS) is 11.4. The van der Waals surface area contributed by atoms with Gasteiger partial charge in [0.15, 0.2) is 11.6 Å². The van der Waals surface area contributed by atoms with Gasteiger partial charge in [0.05, 0.1) is 0 Å². The summed E-state index contributed by atoms with van der Waals surface area (Å²) in [5.74, 6) is -0.495. The standard InChI is InChI=1S/C7H7F3N2O/c1-11-6-4(13)2-3-5(12-6)7(8,9)10/h2-3,13H,1H3,(H,11,12). The molecule has 1 aromatic rings. The molecule has 0 spiro atoms. The summed E-state index contributed by atoms with van der Waals surface area (Å²) < 4.78 is 36.2. The van der Waals surface area contributed by atoms with Gasteiger partial charge in [-0.25, -0.2) is 4.98 Å². The fraction of sp³-hybridized carbons (Fsp3) is 0.286. The molecule has 0 saturated carbocycles. The molecule has 1 aromatic heterocycles. The first-order chi connectivity index (χ1) is 5.95. The van der Waals surface area contributed by atoms with Crippen LogP contribution >= 0.6 is 0 Å². The van der Waals surface area contributed by atoms with E-state index < -0.39 is 11.9 Å². The van der Waals surface area contributed by atoms with Crippen molar-refractivity contribution in [2.75, 3.05) is 12.4 Å². The maximum Gasteiger partial charge on any atom is 0.433 e. The second kappa shape index (κ2) is 3.12. The molecule has 0 bridgehead atoms. The van der Waals surface area contributed by atoms with E-state index in [4.69, 9.17) is 5.11 Å².